The Morgan fingerprint density at radius 3 is 2.71 bits per heavy atom. The molecule has 5 fully saturated rings. The highest BCUT2D eigenvalue weighted by Crippen LogP contribution is 2.53. The van der Waals surface area contributed by atoms with Crippen LogP contribution in [0, 0.1) is 29.6 Å². The first-order valence-electron chi connectivity index (χ1n) is 12.9. The molecule has 5 atom stereocenters. The smallest absolute Gasteiger partial charge is 0.240 e. The van der Waals surface area contributed by atoms with E-state index in [1.165, 1.54) is 44.2 Å². The van der Waals surface area contributed by atoms with Crippen molar-refractivity contribution < 1.29 is 4.79 Å². The van der Waals surface area contributed by atoms with Crippen LogP contribution in [0.5, 0.6) is 0 Å². The lowest BCUT2D eigenvalue weighted by Gasteiger charge is -2.56. The fraction of sp³-hybridized carbons (Fsp3) is 0.741. The average Bonchev–Trinajstić information content (AvgIpc) is 3.08. The number of fused-ring (bicyclic) bond motifs is 1. The van der Waals surface area contributed by atoms with E-state index >= 15 is 0 Å². The van der Waals surface area contributed by atoms with Gasteiger partial charge in [0.2, 0.25) is 5.91 Å². The van der Waals surface area contributed by atoms with Gasteiger partial charge in [-0.05, 0) is 54.9 Å². The Bertz CT molecular complexity index is 759. The number of benzene rings is 1. The second kappa shape index (κ2) is 8.86. The van der Waals surface area contributed by atoms with Crippen molar-refractivity contribution in [2.24, 2.45) is 29.6 Å². The Labute approximate surface area is 188 Å². The van der Waals surface area contributed by atoms with E-state index in [1.807, 2.05) is 0 Å². The number of amides is 1. The summed E-state index contributed by atoms with van der Waals surface area (Å²) in [6, 6.07) is 11.4. The van der Waals surface area contributed by atoms with Crippen molar-refractivity contribution in [1.82, 2.24) is 15.5 Å². The Balaban J connectivity index is 1.40. The standard InChI is InChI=1S/C27H41N3O/c1-19(2)17-30-18-22-14-27(26(31)28-15-21-11-7-4-8-12-21)24(25(30)23(22)16-29-27)13-20-9-5-3-6-10-20/h3,5-6,9-10,19,21-25,29H,4,7-8,11-18H2,1-2H3,(H,28,31)/t22-,23-,24-,25+,27+/m1/s1. The van der Waals surface area contributed by atoms with Crippen LogP contribution in [-0.2, 0) is 11.2 Å². The van der Waals surface area contributed by atoms with Crippen molar-refractivity contribution >= 4 is 5.91 Å². The lowest BCUT2D eigenvalue weighted by molar-refractivity contribution is -0.138. The molecule has 3 aliphatic heterocycles. The molecule has 1 amide bonds. The number of carbonyl (C=O) groups is 1. The van der Waals surface area contributed by atoms with E-state index in [0.717, 1.165) is 32.5 Å². The number of rotatable bonds is 7. The van der Waals surface area contributed by atoms with Gasteiger partial charge in [0.15, 0.2) is 0 Å². The Hall–Kier alpha value is -1.39. The minimum absolute atomic E-state index is 0.290. The average molecular weight is 424 g/mol. The molecular weight excluding hydrogens is 382 g/mol. The van der Waals surface area contributed by atoms with Gasteiger partial charge in [0, 0.05) is 38.1 Å². The zero-order valence-electron chi connectivity index (χ0n) is 19.5. The highest BCUT2D eigenvalue weighted by Gasteiger charge is 2.64. The third-order valence-corrected chi connectivity index (χ3v) is 8.80. The van der Waals surface area contributed by atoms with Crippen LogP contribution >= 0.6 is 0 Å². The van der Waals surface area contributed by atoms with Gasteiger partial charge in [0.25, 0.3) is 0 Å². The van der Waals surface area contributed by atoms with E-state index in [0.29, 0.717) is 41.5 Å². The summed E-state index contributed by atoms with van der Waals surface area (Å²) in [6.07, 6.45) is 8.59. The largest absolute Gasteiger partial charge is 0.354 e. The van der Waals surface area contributed by atoms with Crippen molar-refractivity contribution in [3.63, 3.8) is 0 Å². The van der Waals surface area contributed by atoms with Crippen LogP contribution in [0.15, 0.2) is 30.3 Å². The fourth-order valence-electron chi connectivity index (χ4n) is 7.48. The van der Waals surface area contributed by atoms with Crippen molar-refractivity contribution in [1.29, 1.82) is 0 Å². The number of hydrogen-bond acceptors (Lipinski definition) is 3. The molecule has 170 valence electrons. The predicted molar refractivity (Wildman–Crippen MR) is 126 cm³/mol. The molecule has 4 bridgehead atoms. The van der Waals surface area contributed by atoms with Crippen molar-refractivity contribution in [3.8, 4) is 0 Å². The molecule has 1 aromatic carbocycles. The number of likely N-dealkylation sites (tertiary alicyclic amines) is 1. The molecular formula is C27H41N3O. The van der Waals surface area contributed by atoms with Crippen molar-refractivity contribution in [2.45, 2.75) is 70.4 Å². The molecule has 0 unspecified atom stereocenters. The molecule has 3 saturated heterocycles. The molecule has 31 heavy (non-hydrogen) atoms. The van der Waals surface area contributed by atoms with E-state index < -0.39 is 5.54 Å². The highest BCUT2D eigenvalue weighted by atomic mass is 16.2. The maximum absolute atomic E-state index is 13.9. The number of hydrogen-bond donors (Lipinski definition) is 2. The summed E-state index contributed by atoms with van der Waals surface area (Å²) < 4.78 is 0. The number of carbonyl (C=O) groups excluding carboxylic acids is 1. The summed E-state index contributed by atoms with van der Waals surface area (Å²) >= 11 is 0. The van der Waals surface area contributed by atoms with Gasteiger partial charge in [-0.1, -0.05) is 63.4 Å². The van der Waals surface area contributed by atoms with Crippen LogP contribution < -0.4 is 10.6 Å². The van der Waals surface area contributed by atoms with E-state index in [-0.39, 0.29) is 0 Å². The minimum Gasteiger partial charge on any atom is -0.354 e. The molecule has 1 aromatic rings. The lowest BCUT2D eigenvalue weighted by Crippen LogP contribution is -2.74. The molecule has 6 rings (SSSR count). The first kappa shape index (κ1) is 21.5. The van der Waals surface area contributed by atoms with Crippen LogP contribution in [-0.4, -0.2) is 48.6 Å². The monoisotopic (exact) mass is 423 g/mol. The van der Waals surface area contributed by atoms with Gasteiger partial charge < -0.3 is 10.6 Å². The number of nitrogens with one attached hydrogen (secondary N) is 2. The zero-order chi connectivity index (χ0) is 21.4. The molecule has 2 saturated carbocycles. The predicted octanol–water partition coefficient (Wildman–Crippen LogP) is 3.86. The van der Waals surface area contributed by atoms with E-state index in [2.05, 4.69) is 59.7 Å². The van der Waals surface area contributed by atoms with Crippen LogP contribution in [0.2, 0.25) is 0 Å². The summed E-state index contributed by atoms with van der Waals surface area (Å²) in [5.41, 5.74) is 0.967. The van der Waals surface area contributed by atoms with E-state index in [1.54, 1.807) is 0 Å². The van der Waals surface area contributed by atoms with Gasteiger partial charge >= 0.3 is 0 Å². The molecule has 2 aliphatic carbocycles. The van der Waals surface area contributed by atoms with Gasteiger partial charge in [-0.25, -0.2) is 0 Å². The van der Waals surface area contributed by atoms with Gasteiger partial charge in [-0.15, -0.1) is 0 Å². The summed E-state index contributed by atoms with van der Waals surface area (Å²) in [7, 11) is 0. The normalized spacial score (nSPS) is 35.6. The second-order valence-electron chi connectivity index (χ2n) is 11.3. The summed E-state index contributed by atoms with van der Waals surface area (Å²) in [5.74, 6) is 3.34. The highest BCUT2D eigenvalue weighted by molar-refractivity contribution is 5.87. The molecule has 4 nitrogen and oxygen atoms in total. The van der Waals surface area contributed by atoms with Gasteiger partial charge in [-0.2, -0.15) is 0 Å². The lowest BCUT2D eigenvalue weighted by atomic mass is 9.58. The minimum atomic E-state index is -0.402. The van der Waals surface area contributed by atoms with Crippen LogP contribution in [0.25, 0.3) is 0 Å². The quantitative estimate of drug-likeness (QED) is 0.700. The van der Waals surface area contributed by atoms with Crippen LogP contribution in [0.1, 0.15) is 57.9 Å². The van der Waals surface area contributed by atoms with Crippen LogP contribution in [0.3, 0.4) is 0 Å². The Morgan fingerprint density at radius 1 is 1.19 bits per heavy atom. The first-order chi connectivity index (χ1) is 15.1. The molecule has 0 spiro atoms. The maximum Gasteiger partial charge on any atom is 0.240 e. The molecule has 3 heterocycles. The van der Waals surface area contributed by atoms with Gasteiger partial charge in [0.05, 0.1) is 0 Å². The van der Waals surface area contributed by atoms with Crippen LogP contribution in [0.4, 0.5) is 0 Å². The SMILES string of the molecule is CC(C)CN1C[C@H]2C[C@]3(C(=O)NCC4CCCCC4)NC[C@H]2[C@H]1[C@H]3Cc1ccccc1. The second-order valence-corrected chi connectivity index (χ2v) is 11.3. The Morgan fingerprint density at radius 2 is 1.97 bits per heavy atom. The van der Waals surface area contributed by atoms with E-state index in [9.17, 15) is 4.79 Å². The summed E-state index contributed by atoms with van der Waals surface area (Å²) in [4.78, 5) is 16.6. The van der Waals surface area contributed by atoms with Crippen molar-refractivity contribution in [2.75, 3.05) is 26.2 Å². The zero-order valence-corrected chi connectivity index (χ0v) is 19.5. The third kappa shape index (κ3) is 4.06. The van der Waals surface area contributed by atoms with Gasteiger partial charge in [0.1, 0.15) is 5.54 Å². The molecule has 2 N–H and O–H groups in total. The topological polar surface area (TPSA) is 44.4 Å². The molecule has 0 aromatic heterocycles. The Kier molecular flexibility index (Phi) is 6.13. The molecule has 5 aliphatic rings. The summed E-state index contributed by atoms with van der Waals surface area (Å²) in [6.45, 7) is 8.87. The maximum atomic E-state index is 13.9. The fourth-order valence-corrected chi connectivity index (χ4v) is 7.48. The van der Waals surface area contributed by atoms with Crippen molar-refractivity contribution in [3.05, 3.63) is 35.9 Å². The summed E-state index contributed by atoms with van der Waals surface area (Å²) in [5, 5.41) is 7.28. The number of piperidine rings is 2. The molecule has 4 heteroatoms. The number of nitrogens with zero attached hydrogens (tertiary/aromatic N) is 1. The van der Waals surface area contributed by atoms with Gasteiger partial charge in [-0.3, -0.25) is 9.69 Å². The molecule has 0 radical (unpaired) electrons. The third-order valence-electron chi connectivity index (χ3n) is 8.80. The first-order valence-corrected chi connectivity index (χ1v) is 12.9. The van der Waals surface area contributed by atoms with E-state index in [4.69, 9.17) is 0 Å².